The van der Waals surface area contributed by atoms with E-state index in [0.717, 1.165) is 12.8 Å². The molecule has 0 amide bonds. The van der Waals surface area contributed by atoms with E-state index in [9.17, 15) is 8.42 Å². The lowest BCUT2D eigenvalue weighted by Crippen LogP contribution is -2.44. The second kappa shape index (κ2) is 7.08. The average molecular weight is 297 g/mol. The molecular formula is C12H25ClN2O2S. The fraction of sp³-hybridized carbons (Fsp3) is 1.00. The molecule has 0 bridgehead atoms. The number of halogens is 1. The van der Waals surface area contributed by atoms with Gasteiger partial charge in [-0.15, -0.1) is 11.6 Å². The van der Waals surface area contributed by atoms with Crippen LogP contribution in [0.4, 0.5) is 0 Å². The van der Waals surface area contributed by atoms with Gasteiger partial charge in [0.1, 0.15) is 0 Å². The van der Waals surface area contributed by atoms with Crippen LogP contribution in [0.1, 0.15) is 39.5 Å². The van der Waals surface area contributed by atoms with Crippen LogP contribution in [0.25, 0.3) is 0 Å². The molecule has 0 saturated heterocycles. The van der Waals surface area contributed by atoms with E-state index in [-0.39, 0.29) is 6.04 Å². The van der Waals surface area contributed by atoms with Crippen LogP contribution in [0.15, 0.2) is 0 Å². The third-order valence-corrected chi connectivity index (χ3v) is 6.01. The number of nitrogens with zero attached hydrogens (tertiary/aromatic N) is 1. The molecule has 0 heterocycles. The van der Waals surface area contributed by atoms with Crippen LogP contribution in [0.5, 0.6) is 0 Å². The van der Waals surface area contributed by atoms with Crippen molar-refractivity contribution in [3.8, 4) is 0 Å². The number of rotatable bonds is 6. The largest absolute Gasteiger partial charge is 0.279 e. The molecule has 1 saturated carbocycles. The average Bonchev–Trinajstić information content (AvgIpc) is 2.35. The molecule has 0 spiro atoms. The van der Waals surface area contributed by atoms with Crippen molar-refractivity contribution in [2.75, 3.05) is 19.5 Å². The minimum Gasteiger partial charge on any atom is -0.202 e. The minimum atomic E-state index is -3.35. The summed E-state index contributed by atoms with van der Waals surface area (Å²) < 4.78 is 28.1. The summed E-state index contributed by atoms with van der Waals surface area (Å²) in [7, 11) is -1.75. The van der Waals surface area contributed by atoms with Gasteiger partial charge in [-0.2, -0.15) is 12.7 Å². The number of hydrogen-bond acceptors (Lipinski definition) is 2. The monoisotopic (exact) mass is 296 g/mol. The maximum absolute atomic E-state index is 12.0. The van der Waals surface area contributed by atoms with E-state index >= 15 is 0 Å². The standard InChI is InChI=1S/C12H25ClN2O2S/c1-10(2)15(3)18(16,17)14-9-12-7-5-4-6-11(12)8-13/h10-12,14H,4-9H2,1-3H3. The third-order valence-electron chi connectivity index (χ3n) is 3.90. The first-order chi connectivity index (χ1) is 8.38. The Kier molecular flexibility index (Phi) is 6.38. The quantitative estimate of drug-likeness (QED) is 0.764. The third kappa shape index (κ3) is 4.37. The Morgan fingerprint density at radius 2 is 1.83 bits per heavy atom. The summed E-state index contributed by atoms with van der Waals surface area (Å²) in [5.41, 5.74) is 0. The maximum atomic E-state index is 12.0. The van der Waals surface area contributed by atoms with E-state index in [2.05, 4.69) is 4.72 Å². The lowest BCUT2D eigenvalue weighted by molar-refractivity contribution is 0.258. The van der Waals surface area contributed by atoms with Gasteiger partial charge in [0, 0.05) is 25.5 Å². The lowest BCUT2D eigenvalue weighted by atomic mass is 9.80. The van der Waals surface area contributed by atoms with Gasteiger partial charge in [0.05, 0.1) is 0 Å². The Balaban J connectivity index is 2.53. The van der Waals surface area contributed by atoms with Crippen molar-refractivity contribution in [3.63, 3.8) is 0 Å². The van der Waals surface area contributed by atoms with Crippen molar-refractivity contribution < 1.29 is 8.42 Å². The zero-order chi connectivity index (χ0) is 13.8. The van der Waals surface area contributed by atoms with Crippen LogP contribution in [-0.2, 0) is 10.2 Å². The van der Waals surface area contributed by atoms with Crippen LogP contribution in [0.2, 0.25) is 0 Å². The van der Waals surface area contributed by atoms with E-state index in [0.29, 0.717) is 24.3 Å². The van der Waals surface area contributed by atoms with E-state index in [1.165, 1.54) is 17.1 Å². The molecule has 6 heteroatoms. The topological polar surface area (TPSA) is 49.4 Å². The molecule has 1 N–H and O–H groups in total. The van der Waals surface area contributed by atoms with E-state index in [1.54, 1.807) is 7.05 Å². The first-order valence-corrected chi connectivity index (χ1v) is 8.64. The van der Waals surface area contributed by atoms with Crippen LogP contribution in [-0.4, -0.2) is 38.2 Å². The molecule has 108 valence electrons. The molecule has 2 atom stereocenters. The summed E-state index contributed by atoms with van der Waals surface area (Å²) >= 11 is 5.95. The summed E-state index contributed by atoms with van der Waals surface area (Å²) in [6.07, 6.45) is 4.59. The molecule has 1 aliphatic rings. The predicted octanol–water partition coefficient (Wildman–Crippen LogP) is 2.21. The van der Waals surface area contributed by atoms with Gasteiger partial charge in [0.15, 0.2) is 0 Å². The van der Waals surface area contributed by atoms with Gasteiger partial charge in [-0.05, 0) is 38.5 Å². The van der Waals surface area contributed by atoms with Crippen LogP contribution in [0, 0.1) is 11.8 Å². The van der Waals surface area contributed by atoms with Crippen molar-refractivity contribution >= 4 is 21.8 Å². The van der Waals surface area contributed by atoms with Gasteiger partial charge in [0.2, 0.25) is 0 Å². The van der Waals surface area contributed by atoms with E-state index in [4.69, 9.17) is 11.6 Å². The molecule has 1 aliphatic carbocycles. The summed E-state index contributed by atoms with van der Waals surface area (Å²) in [5.74, 6) is 1.46. The van der Waals surface area contributed by atoms with Gasteiger partial charge in [-0.1, -0.05) is 12.8 Å². The van der Waals surface area contributed by atoms with E-state index < -0.39 is 10.2 Å². The Morgan fingerprint density at radius 1 is 1.28 bits per heavy atom. The Morgan fingerprint density at radius 3 is 2.33 bits per heavy atom. The van der Waals surface area contributed by atoms with Crippen molar-refractivity contribution in [1.29, 1.82) is 0 Å². The van der Waals surface area contributed by atoms with Crippen LogP contribution in [0.3, 0.4) is 0 Å². The zero-order valence-corrected chi connectivity index (χ0v) is 13.1. The summed E-state index contributed by atoms with van der Waals surface area (Å²) in [6, 6.07) is -0.0299. The number of alkyl halides is 1. The molecule has 0 radical (unpaired) electrons. The summed E-state index contributed by atoms with van der Waals surface area (Å²) in [6.45, 7) is 4.24. The highest BCUT2D eigenvalue weighted by Gasteiger charge is 2.27. The first-order valence-electron chi connectivity index (χ1n) is 6.67. The second-order valence-electron chi connectivity index (χ2n) is 5.42. The van der Waals surface area contributed by atoms with Gasteiger partial charge in [0.25, 0.3) is 10.2 Å². The number of nitrogens with one attached hydrogen (secondary N) is 1. The predicted molar refractivity (Wildman–Crippen MR) is 76.0 cm³/mol. The molecule has 0 aromatic carbocycles. The highest BCUT2D eigenvalue weighted by atomic mass is 35.5. The highest BCUT2D eigenvalue weighted by Crippen LogP contribution is 2.30. The van der Waals surface area contributed by atoms with Gasteiger partial charge >= 0.3 is 0 Å². The van der Waals surface area contributed by atoms with Crippen molar-refractivity contribution in [1.82, 2.24) is 9.03 Å². The summed E-state index contributed by atoms with van der Waals surface area (Å²) in [4.78, 5) is 0. The van der Waals surface area contributed by atoms with Gasteiger partial charge < -0.3 is 0 Å². The van der Waals surface area contributed by atoms with Crippen LogP contribution < -0.4 is 4.72 Å². The zero-order valence-electron chi connectivity index (χ0n) is 11.5. The molecule has 0 aromatic heterocycles. The first kappa shape index (κ1) is 16.2. The maximum Gasteiger partial charge on any atom is 0.279 e. The molecule has 2 unspecified atom stereocenters. The normalized spacial score (nSPS) is 25.9. The highest BCUT2D eigenvalue weighted by molar-refractivity contribution is 7.87. The SMILES string of the molecule is CC(C)N(C)S(=O)(=O)NCC1CCCCC1CCl. The van der Waals surface area contributed by atoms with E-state index in [1.807, 2.05) is 13.8 Å². The molecule has 18 heavy (non-hydrogen) atoms. The molecule has 1 fully saturated rings. The van der Waals surface area contributed by atoms with Crippen molar-refractivity contribution in [2.24, 2.45) is 11.8 Å². The van der Waals surface area contributed by atoms with Crippen molar-refractivity contribution in [2.45, 2.75) is 45.6 Å². The second-order valence-corrected chi connectivity index (χ2v) is 7.55. The Bertz CT molecular complexity index is 346. The molecule has 1 rings (SSSR count). The Labute approximate surface area is 116 Å². The molecule has 0 aliphatic heterocycles. The Hall–Kier alpha value is 0.160. The lowest BCUT2D eigenvalue weighted by Gasteiger charge is -2.31. The molecule has 0 aromatic rings. The summed E-state index contributed by atoms with van der Waals surface area (Å²) in [5, 5.41) is 0. The van der Waals surface area contributed by atoms with Gasteiger partial charge in [-0.25, -0.2) is 4.72 Å². The number of hydrogen-bond donors (Lipinski definition) is 1. The molecular weight excluding hydrogens is 272 g/mol. The fourth-order valence-electron chi connectivity index (χ4n) is 2.35. The van der Waals surface area contributed by atoms with Gasteiger partial charge in [-0.3, -0.25) is 0 Å². The minimum absolute atomic E-state index is 0.0299. The van der Waals surface area contributed by atoms with Crippen molar-refractivity contribution in [3.05, 3.63) is 0 Å². The van der Waals surface area contributed by atoms with Crippen LogP contribution >= 0.6 is 11.6 Å². The molecule has 4 nitrogen and oxygen atoms in total. The smallest absolute Gasteiger partial charge is 0.202 e. The fourth-order valence-corrected chi connectivity index (χ4v) is 3.94.